The van der Waals surface area contributed by atoms with E-state index in [4.69, 9.17) is 0 Å². The smallest absolute Gasteiger partial charge is 0.117 e. The van der Waals surface area contributed by atoms with Crippen LogP contribution in [0.25, 0.3) is 5.57 Å². The first-order chi connectivity index (χ1) is 6.63. The van der Waals surface area contributed by atoms with Gasteiger partial charge in [-0.3, -0.25) is 0 Å². The van der Waals surface area contributed by atoms with Crippen LogP contribution < -0.4 is 0 Å². The van der Waals surface area contributed by atoms with Gasteiger partial charge in [-0.15, -0.1) is 11.8 Å². The van der Waals surface area contributed by atoms with Gasteiger partial charge in [-0.25, -0.2) is 9.97 Å². The molecular formula is C10H15N3S. The summed E-state index contributed by atoms with van der Waals surface area (Å²) >= 11 is 1.63. The fourth-order valence-corrected chi connectivity index (χ4v) is 1.50. The van der Waals surface area contributed by atoms with Crippen molar-refractivity contribution in [3.05, 3.63) is 24.3 Å². The summed E-state index contributed by atoms with van der Waals surface area (Å²) < 4.78 is 0. The molecule has 0 atom stereocenters. The maximum Gasteiger partial charge on any atom is 0.117 e. The second-order valence-electron chi connectivity index (χ2n) is 3.22. The molecule has 14 heavy (non-hydrogen) atoms. The summed E-state index contributed by atoms with van der Waals surface area (Å²) in [6.45, 7) is 2.05. The molecule has 0 aliphatic carbocycles. The third kappa shape index (κ3) is 3.03. The van der Waals surface area contributed by atoms with E-state index in [1.165, 1.54) is 0 Å². The molecule has 0 amide bonds. The van der Waals surface area contributed by atoms with E-state index in [0.717, 1.165) is 16.3 Å². The van der Waals surface area contributed by atoms with Crippen LogP contribution >= 0.6 is 11.8 Å². The molecule has 0 N–H and O–H groups in total. The SMILES string of the molecule is CSc1cc(/C(C)=C\N(C)C)ncn1. The lowest BCUT2D eigenvalue weighted by atomic mass is 10.2. The first-order valence-electron chi connectivity index (χ1n) is 4.34. The molecular weight excluding hydrogens is 194 g/mol. The zero-order chi connectivity index (χ0) is 10.6. The van der Waals surface area contributed by atoms with Crippen molar-refractivity contribution < 1.29 is 0 Å². The average molecular weight is 209 g/mol. The molecule has 1 aromatic heterocycles. The van der Waals surface area contributed by atoms with Crippen LogP contribution in [-0.2, 0) is 0 Å². The molecule has 0 spiro atoms. The lowest BCUT2D eigenvalue weighted by Gasteiger charge is -2.07. The van der Waals surface area contributed by atoms with Crippen LogP contribution in [0.2, 0.25) is 0 Å². The molecule has 0 fully saturated rings. The number of hydrogen-bond donors (Lipinski definition) is 0. The Labute approximate surface area is 89.3 Å². The van der Waals surface area contributed by atoms with Crippen molar-refractivity contribution in [3.63, 3.8) is 0 Å². The third-order valence-electron chi connectivity index (χ3n) is 1.71. The molecule has 76 valence electrons. The van der Waals surface area contributed by atoms with Crippen LogP contribution in [0, 0.1) is 0 Å². The van der Waals surface area contributed by atoms with E-state index in [9.17, 15) is 0 Å². The fourth-order valence-electron chi connectivity index (χ4n) is 1.12. The van der Waals surface area contributed by atoms with Crippen molar-refractivity contribution in [3.8, 4) is 0 Å². The standard InChI is InChI=1S/C10H15N3S/c1-8(6-13(2)3)9-5-10(14-4)12-7-11-9/h5-7H,1-4H3/b8-6-. The number of thioether (sulfide) groups is 1. The first-order valence-corrected chi connectivity index (χ1v) is 5.57. The Morgan fingerprint density at radius 1 is 1.43 bits per heavy atom. The summed E-state index contributed by atoms with van der Waals surface area (Å²) in [6.07, 6.45) is 5.66. The van der Waals surface area contributed by atoms with E-state index in [1.807, 2.05) is 44.4 Å². The van der Waals surface area contributed by atoms with Crippen LogP contribution in [0.4, 0.5) is 0 Å². The maximum atomic E-state index is 4.22. The highest BCUT2D eigenvalue weighted by Gasteiger charge is 1.99. The van der Waals surface area contributed by atoms with Crippen LogP contribution in [0.5, 0.6) is 0 Å². The molecule has 0 radical (unpaired) electrons. The van der Waals surface area contributed by atoms with Gasteiger partial charge in [0.2, 0.25) is 0 Å². The maximum absolute atomic E-state index is 4.22. The highest BCUT2D eigenvalue weighted by Crippen LogP contribution is 2.16. The summed E-state index contributed by atoms with van der Waals surface area (Å²) in [6, 6.07) is 2.00. The van der Waals surface area contributed by atoms with Crippen LogP contribution in [0.3, 0.4) is 0 Å². The van der Waals surface area contributed by atoms with Gasteiger partial charge in [0.1, 0.15) is 6.33 Å². The summed E-state index contributed by atoms with van der Waals surface area (Å²) in [7, 11) is 4.00. The molecule has 3 nitrogen and oxygen atoms in total. The summed E-state index contributed by atoms with van der Waals surface area (Å²) in [5.41, 5.74) is 2.13. The van der Waals surface area contributed by atoms with Crippen molar-refractivity contribution in [2.45, 2.75) is 11.9 Å². The molecule has 0 aliphatic rings. The number of allylic oxidation sites excluding steroid dienone is 1. The molecule has 0 unspecified atom stereocenters. The quantitative estimate of drug-likeness (QED) is 0.563. The zero-order valence-electron chi connectivity index (χ0n) is 8.98. The molecule has 1 heterocycles. The molecule has 1 aromatic rings. The number of aromatic nitrogens is 2. The fraction of sp³-hybridized carbons (Fsp3) is 0.400. The average Bonchev–Trinajstić information content (AvgIpc) is 2.17. The number of nitrogens with zero attached hydrogens (tertiary/aromatic N) is 3. The second kappa shape index (κ2) is 5.00. The topological polar surface area (TPSA) is 29.0 Å². The van der Waals surface area contributed by atoms with Crippen LogP contribution in [-0.4, -0.2) is 35.2 Å². The Kier molecular flexibility index (Phi) is 3.95. The van der Waals surface area contributed by atoms with Crippen molar-refractivity contribution in [2.24, 2.45) is 0 Å². The van der Waals surface area contributed by atoms with Gasteiger partial charge in [0.15, 0.2) is 0 Å². The molecule has 0 aliphatic heterocycles. The van der Waals surface area contributed by atoms with E-state index in [2.05, 4.69) is 9.97 Å². The normalized spacial score (nSPS) is 11.6. The predicted octanol–water partition coefficient (Wildman–Crippen LogP) is 2.12. The van der Waals surface area contributed by atoms with E-state index < -0.39 is 0 Å². The molecule has 0 bridgehead atoms. The lowest BCUT2D eigenvalue weighted by Crippen LogP contribution is -2.02. The van der Waals surface area contributed by atoms with E-state index in [-0.39, 0.29) is 0 Å². The minimum atomic E-state index is 0.984. The Bertz CT molecular complexity index is 334. The summed E-state index contributed by atoms with van der Waals surface area (Å²) in [4.78, 5) is 10.4. The van der Waals surface area contributed by atoms with Crippen molar-refractivity contribution in [1.82, 2.24) is 14.9 Å². The molecule has 0 saturated carbocycles. The second-order valence-corrected chi connectivity index (χ2v) is 4.05. The minimum Gasteiger partial charge on any atom is -0.383 e. The monoisotopic (exact) mass is 209 g/mol. The number of rotatable bonds is 3. The molecule has 4 heteroatoms. The first kappa shape index (κ1) is 11.0. The van der Waals surface area contributed by atoms with E-state index in [0.29, 0.717) is 0 Å². The minimum absolute atomic E-state index is 0.984. The molecule has 0 saturated heterocycles. The van der Waals surface area contributed by atoms with Gasteiger partial charge in [-0.1, -0.05) is 0 Å². The van der Waals surface area contributed by atoms with Crippen LogP contribution in [0.15, 0.2) is 23.6 Å². The molecule has 0 aromatic carbocycles. The van der Waals surface area contributed by atoms with Gasteiger partial charge in [0.25, 0.3) is 0 Å². The lowest BCUT2D eigenvalue weighted by molar-refractivity contribution is 0.565. The Morgan fingerprint density at radius 2 is 2.14 bits per heavy atom. The van der Waals surface area contributed by atoms with Crippen molar-refractivity contribution in [2.75, 3.05) is 20.4 Å². The van der Waals surface area contributed by atoms with Crippen molar-refractivity contribution in [1.29, 1.82) is 0 Å². The van der Waals surface area contributed by atoms with Gasteiger partial charge in [-0.05, 0) is 24.8 Å². The van der Waals surface area contributed by atoms with E-state index in [1.54, 1.807) is 18.1 Å². The zero-order valence-corrected chi connectivity index (χ0v) is 9.80. The van der Waals surface area contributed by atoms with Gasteiger partial charge in [0, 0.05) is 20.3 Å². The Hall–Kier alpha value is -1.03. The van der Waals surface area contributed by atoms with Gasteiger partial charge >= 0.3 is 0 Å². The van der Waals surface area contributed by atoms with Gasteiger partial charge < -0.3 is 4.90 Å². The van der Waals surface area contributed by atoms with E-state index >= 15 is 0 Å². The van der Waals surface area contributed by atoms with Crippen LogP contribution in [0.1, 0.15) is 12.6 Å². The van der Waals surface area contributed by atoms with Gasteiger partial charge in [0.05, 0.1) is 10.7 Å². The van der Waals surface area contributed by atoms with Gasteiger partial charge in [-0.2, -0.15) is 0 Å². The van der Waals surface area contributed by atoms with Crippen molar-refractivity contribution >= 4 is 17.3 Å². The third-order valence-corrected chi connectivity index (χ3v) is 2.35. The highest BCUT2D eigenvalue weighted by molar-refractivity contribution is 7.98. The highest BCUT2D eigenvalue weighted by atomic mass is 32.2. The predicted molar refractivity (Wildman–Crippen MR) is 61.2 cm³/mol. The summed E-state index contributed by atoms with van der Waals surface area (Å²) in [5.74, 6) is 0. The number of hydrogen-bond acceptors (Lipinski definition) is 4. The largest absolute Gasteiger partial charge is 0.383 e. The Balaban J connectivity index is 2.95. The molecule has 1 rings (SSSR count). The Morgan fingerprint density at radius 3 is 2.71 bits per heavy atom. The summed E-state index contributed by atoms with van der Waals surface area (Å²) in [5, 5.41) is 1.00.